The second kappa shape index (κ2) is 7.59. The minimum Gasteiger partial charge on any atom is -0.497 e. The Hall–Kier alpha value is -1.70. The number of rotatable bonds is 5. The minimum atomic E-state index is -0.0400. The van der Waals surface area contributed by atoms with Gasteiger partial charge in [0.05, 0.1) is 25.8 Å². The molecule has 2 N–H and O–H groups in total. The smallest absolute Gasteiger partial charge is 0.135 e. The molecule has 0 aliphatic heterocycles. The SMILES string of the molecule is COCC(C)Oc1ccc(OC)cc1C#CCN. The van der Waals surface area contributed by atoms with Gasteiger partial charge in [-0.05, 0) is 25.1 Å². The van der Waals surface area contributed by atoms with E-state index in [-0.39, 0.29) is 6.10 Å². The topological polar surface area (TPSA) is 53.7 Å². The largest absolute Gasteiger partial charge is 0.497 e. The van der Waals surface area contributed by atoms with Gasteiger partial charge >= 0.3 is 0 Å². The second-order valence-corrected chi connectivity index (χ2v) is 3.75. The lowest BCUT2D eigenvalue weighted by Crippen LogP contribution is -2.18. The van der Waals surface area contributed by atoms with Gasteiger partial charge in [-0.2, -0.15) is 0 Å². The maximum atomic E-state index is 5.76. The standard InChI is InChI=1S/C14H19NO3/c1-11(10-16-2)18-14-7-6-13(17-3)9-12(14)5-4-8-15/h6-7,9,11H,8,10,15H2,1-3H3. The molecule has 0 aliphatic carbocycles. The molecular formula is C14H19NO3. The van der Waals surface area contributed by atoms with Crippen LogP contribution in [0.2, 0.25) is 0 Å². The highest BCUT2D eigenvalue weighted by Gasteiger charge is 2.08. The van der Waals surface area contributed by atoms with Gasteiger partial charge in [0, 0.05) is 7.11 Å². The van der Waals surface area contributed by atoms with Gasteiger partial charge in [-0.25, -0.2) is 0 Å². The molecule has 0 fully saturated rings. The van der Waals surface area contributed by atoms with Crippen molar-refractivity contribution in [2.45, 2.75) is 13.0 Å². The molecule has 1 atom stereocenters. The zero-order valence-corrected chi connectivity index (χ0v) is 11.0. The van der Waals surface area contributed by atoms with Crippen LogP contribution in [0.4, 0.5) is 0 Å². The van der Waals surface area contributed by atoms with Gasteiger partial charge in [0.15, 0.2) is 0 Å². The highest BCUT2D eigenvalue weighted by atomic mass is 16.5. The molecule has 18 heavy (non-hydrogen) atoms. The fourth-order valence-electron chi connectivity index (χ4n) is 1.47. The Labute approximate surface area is 108 Å². The van der Waals surface area contributed by atoms with E-state index in [1.54, 1.807) is 14.2 Å². The third-order valence-corrected chi connectivity index (χ3v) is 2.24. The van der Waals surface area contributed by atoms with E-state index in [0.29, 0.717) is 18.9 Å². The van der Waals surface area contributed by atoms with Gasteiger partial charge in [-0.3, -0.25) is 0 Å². The average molecular weight is 249 g/mol. The Bertz CT molecular complexity index is 434. The highest BCUT2D eigenvalue weighted by Crippen LogP contribution is 2.24. The lowest BCUT2D eigenvalue weighted by molar-refractivity contribution is 0.0918. The Morgan fingerprint density at radius 2 is 2.11 bits per heavy atom. The molecule has 0 saturated heterocycles. The van der Waals surface area contributed by atoms with Crippen LogP contribution in [0.5, 0.6) is 11.5 Å². The molecule has 4 nitrogen and oxygen atoms in total. The minimum absolute atomic E-state index is 0.0400. The van der Waals surface area contributed by atoms with Gasteiger partial charge in [-0.1, -0.05) is 11.8 Å². The van der Waals surface area contributed by atoms with Crippen LogP contribution in [0.3, 0.4) is 0 Å². The van der Waals surface area contributed by atoms with Crippen molar-refractivity contribution in [2.75, 3.05) is 27.4 Å². The van der Waals surface area contributed by atoms with E-state index in [1.807, 2.05) is 25.1 Å². The zero-order valence-electron chi connectivity index (χ0n) is 11.0. The molecule has 0 spiro atoms. The maximum Gasteiger partial charge on any atom is 0.135 e. The predicted octanol–water partition coefficient (Wildman–Crippen LogP) is 1.42. The number of hydrogen-bond acceptors (Lipinski definition) is 4. The maximum absolute atomic E-state index is 5.76. The summed E-state index contributed by atoms with van der Waals surface area (Å²) in [6.07, 6.45) is -0.0400. The van der Waals surface area contributed by atoms with Crippen molar-refractivity contribution in [3.8, 4) is 23.3 Å². The molecular weight excluding hydrogens is 230 g/mol. The Kier molecular flexibility index (Phi) is 6.06. The molecule has 0 amide bonds. The van der Waals surface area contributed by atoms with E-state index in [0.717, 1.165) is 11.3 Å². The van der Waals surface area contributed by atoms with Crippen molar-refractivity contribution in [1.29, 1.82) is 0 Å². The molecule has 1 aromatic rings. The molecule has 0 aromatic heterocycles. The van der Waals surface area contributed by atoms with Crippen LogP contribution in [-0.2, 0) is 4.74 Å². The quantitative estimate of drug-likeness (QED) is 0.802. The molecule has 1 rings (SSSR count). The summed E-state index contributed by atoms with van der Waals surface area (Å²) in [5.74, 6) is 7.24. The molecule has 0 aliphatic rings. The van der Waals surface area contributed by atoms with Gasteiger partial charge < -0.3 is 19.9 Å². The summed E-state index contributed by atoms with van der Waals surface area (Å²) in [7, 11) is 3.26. The summed E-state index contributed by atoms with van der Waals surface area (Å²) < 4.78 is 16.0. The summed E-state index contributed by atoms with van der Waals surface area (Å²) in [5, 5.41) is 0. The molecule has 1 aromatic carbocycles. The van der Waals surface area contributed by atoms with Crippen molar-refractivity contribution in [3.05, 3.63) is 23.8 Å². The van der Waals surface area contributed by atoms with Crippen LogP contribution >= 0.6 is 0 Å². The first-order valence-electron chi connectivity index (χ1n) is 5.73. The lowest BCUT2D eigenvalue weighted by Gasteiger charge is -2.15. The summed E-state index contributed by atoms with van der Waals surface area (Å²) in [6.45, 7) is 2.77. The van der Waals surface area contributed by atoms with Crippen LogP contribution in [0.1, 0.15) is 12.5 Å². The van der Waals surface area contributed by atoms with E-state index >= 15 is 0 Å². The van der Waals surface area contributed by atoms with Gasteiger partial charge in [0.2, 0.25) is 0 Å². The van der Waals surface area contributed by atoms with Crippen molar-refractivity contribution in [2.24, 2.45) is 5.73 Å². The van der Waals surface area contributed by atoms with Crippen molar-refractivity contribution < 1.29 is 14.2 Å². The van der Waals surface area contributed by atoms with Crippen molar-refractivity contribution in [3.63, 3.8) is 0 Å². The molecule has 0 saturated carbocycles. The Morgan fingerprint density at radius 3 is 2.72 bits per heavy atom. The number of methoxy groups -OCH3 is 2. The molecule has 0 heterocycles. The molecule has 98 valence electrons. The van der Waals surface area contributed by atoms with Crippen molar-refractivity contribution in [1.82, 2.24) is 0 Å². The monoisotopic (exact) mass is 249 g/mol. The first-order valence-corrected chi connectivity index (χ1v) is 5.73. The highest BCUT2D eigenvalue weighted by molar-refractivity contribution is 5.50. The van der Waals surface area contributed by atoms with E-state index in [2.05, 4.69) is 11.8 Å². The van der Waals surface area contributed by atoms with Gasteiger partial charge in [0.25, 0.3) is 0 Å². The number of ether oxygens (including phenoxy) is 3. The van der Waals surface area contributed by atoms with Crippen LogP contribution in [0, 0.1) is 11.8 Å². The Morgan fingerprint density at radius 1 is 1.33 bits per heavy atom. The number of benzene rings is 1. The van der Waals surface area contributed by atoms with E-state index in [9.17, 15) is 0 Å². The summed E-state index contributed by atoms with van der Waals surface area (Å²) in [4.78, 5) is 0. The van der Waals surface area contributed by atoms with E-state index in [1.165, 1.54) is 0 Å². The first-order chi connectivity index (χ1) is 8.71. The molecule has 1 unspecified atom stereocenters. The Balaban J connectivity index is 2.94. The van der Waals surface area contributed by atoms with Gasteiger partial charge in [0.1, 0.15) is 17.6 Å². The second-order valence-electron chi connectivity index (χ2n) is 3.75. The van der Waals surface area contributed by atoms with E-state index in [4.69, 9.17) is 19.9 Å². The summed E-state index contributed by atoms with van der Waals surface area (Å²) in [6, 6.07) is 5.51. The number of hydrogen-bond donors (Lipinski definition) is 1. The fourth-order valence-corrected chi connectivity index (χ4v) is 1.47. The third-order valence-electron chi connectivity index (χ3n) is 2.24. The molecule has 4 heteroatoms. The first kappa shape index (κ1) is 14.4. The van der Waals surface area contributed by atoms with Crippen LogP contribution in [-0.4, -0.2) is 33.5 Å². The van der Waals surface area contributed by atoms with Crippen molar-refractivity contribution >= 4 is 0 Å². The summed E-state index contributed by atoms with van der Waals surface area (Å²) >= 11 is 0. The zero-order chi connectivity index (χ0) is 13.4. The van der Waals surface area contributed by atoms with Gasteiger partial charge in [-0.15, -0.1) is 0 Å². The van der Waals surface area contributed by atoms with Crippen LogP contribution in [0.25, 0.3) is 0 Å². The molecule has 0 bridgehead atoms. The summed E-state index contributed by atoms with van der Waals surface area (Å²) in [5.41, 5.74) is 6.15. The fraction of sp³-hybridized carbons (Fsp3) is 0.429. The van der Waals surface area contributed by atoms with Crippen LogP contribution < -0.4 is 15.2 Å². The average Bonchev–Trinajstić information content (AvgIpc) is 2.37. The van der Waals surface area contributed by atoms with Crippen LogP contribution in [0.15, 0.2) is 18.2 Å². The normalized spacial score (nSPS) is 11.3. The predicted molar refractivity (Wildman–Crippen MR) is 70.9 cm³/mol. The number of nitrogens with two attached hydrogens (primary N) is 1. The lowest BCUT2D eigenvalue weighted by atomic mass is 10.2. The molecule has 0 radical (unpaired) electrons. The third kappa shape index (κ3) is 4.28. The van der Waals surface area contributed by atoms with E-state index < -0.39 is 0 Å².